The molecule has 1 saturated carbocycles. The van der Waals surface area contributed by atoms with Crippen molar-refractivity contribution in [3.8, 4) is 0 Å². The third-order valence-electron chi connectivity index (χ3n) is 4.95. The molecule has 1 aromatic heterocycles. The second-order valence-corrected chi connectivity index (χ2v) is 6.89. The van der Waals surface area contributed by atoms with Gasteiger partial charge in [0.2, 0.25) is 5.91 Å². The molecule has 0 spiro atoms. The molecule has 1 atom stereocenters. The number of hydrogen-bond donors (Lipinski definition) is 0. The van der Waals surface area contributed by atoms with Gasteiger partial charge in [-0.05, 0) is 31.4 Å². The zero-order valence-corrected chi connectivity index (χ0v) is 14.1. The monoisotopic (exact) mass is 342 g/mol. The maximum absolute atomic E-state index is 12.7. The van der Waals surface area contributed by atoms with Gasteiger partial charge >= 0.3 is 0 Å². The summed E-state index contributed by atoms with van der Waals surface area (Å²) in [6, 6.07) is 7.50. The second-order valence-electron chi connectivity index (χ2n) is 6.89. The van der Waals surface area contributed by atoms with E-state index >= 15 is 0 Å². The number of nitrogens with zero attached hydrogens (tertiary/aromatic N) is 4. The SMILES string of the molecule is O=C(CCn1nnc2ccccc2c1=O)N(C[C@@H]1CCOC1)C1CC1. The van der Waals surface area contributed by atoms with Crippen LogP contribution in [0, 0.1) is 5.92 Å². The number of aryl methyl sites for hydroxylation is 1. The second kappa shape index (κ2) is 6.92. The van der Waals surface area contributed by atoms with Gasteiger partial charge in [-0.25, -0.2) is 4.68 Å². The number of rotatable bonds is 6. The minimum absolute atomic E-state index is 0.0938. The third kappa shape index (κ3) is 3.56. The van der Waals surface area contributed by atoms with Gasteiger partial charge in [0.05, 0.1) is 18.5 Å². The van der Waals surface area contributed by atoms with Crippen LogP contribution in [0.2, 0.25) is 0 Å². The molecule has 132 valence electrons. The van der Waals surface area contributed by atoms with Crippen LogP contribution in [-0.4, -0.2) is 51.6 Å². The standard InChI is InChI=1S/C18H22N4O3/c23-17(21(14-5-6-14)11-13-8-10-25-12-13)7-9-22-18(24)15-3-1-2-4-16(15)19-20-22/h1-4,13-14H,5-12H2/t13-/m0/s1. The number of ether oxygens (including phenoxy) is 1. The third-order valence-corrected chi connectivity index (χ3v) is 4.95. The van der Waals surface area contributed by atoms with E-state index in [-0.39, 0.29) is 24.4 Å². The highest BCUT2D eigenvalue weighted by atomic mass is 16.5. The van der Waals surface area contributed by atoms with Gasteiger partial charge < -0.3 is 9.64 Å². The Hall–Kier alpha value is -2.28. The summed E-state index contributed by atoms with van der Waals surface area (Å²) in [7, 11) is 0. The van der Waals surface area contributed by atoms with Crippen molar-refractivity contribution in [2.45, 2.75) is 38.3 Å². The van der Waals surface area contributed by atoms with Gasteiger partial charge in [0.15, 0.2) is 0 Å². The predicted molar refractivity (Wildman–Crippen MR) is 92.1 cm³/mol. The molecule has 2 heterocycles. The summed E-state index contributed by atoms with van der Waals surface area (Å²) in [5.74, 6) is 0.531. The summed E-state index contributed by atoms with van der Waals surface area (Å²) in [6.45, 7) is 2.56. The molecule has 1 aromatic carbocycles. The largest absolute Gasteiger partial charge is 0.381 e. The van der Waals surface area contributed by atoms with Crippen LogP contribution in [-0.2, 0) is 16.1 Å². The van der Waals surface area contributed by atoms with Crippen molar-refractivity contribution < 1.29 is 9.53 Å². The number of aromatic nitrogens is 3. The molecule has 2 aliphatic rings. The van der Waals surface area contributed by atoms with Gasteiger partial charge in [0.25, 0.3) is 5.56 Å². The first-order valence-corrected chi connectivity index (χ1v) is 8.92. The van der Waals surface area contributed by atoms with E-state index in [4.69, 9.17) is 4.74 Å². The van der Waals surface area contributed by atoms with E-state index in [0.717, 1.165) is 39.0 Å². The molecule has 1 aliphatic heterocycles. The Balaban J connectivity index is 1.43. The first-order valence-electron chi connectivity index (χ1n) is 8.92. The van der Waals surface area contributed by atoms with E-state index in [2.05, 4.69) is 10.3 Å². The van der Waals surface area contributed by atoms with Gasteiger partial charge in [0.1, 0.15) is 5.52 Å². The predicted octanol–water partition coefficient (Wildman–Crippen LogP) is 1.21. The molecule has 7 heteroatoms. The Morgan fingerprint density at radius 3 is 2.88 bits per heavy atom. The highest BCUT2D eigenvalue weighted by molar-refractivity contribution is 5.77. The smallest absolute Gasteiger partial charge is 0.277 e. The van der Waals surface area contributed by atoms with Crippen LogP contribution >= 0.6 is 0 Å². The van der Waals surface area contributed by atoms with E-state index in [9.17, 15) is 9.59 Å². The molecule has 0 radical (unpaired) electrons. The Morgan fingerprint density at radius 1 is 1.28 bits per heavy atom. The zero-order valence-electron chi connectivity index (χ0n) is 14.1. The lowest BCUT2D eigenvalue weighted by Gasteiger charge is -2.25. The summed E-state index contributed by atoms with van der Waals surface area (Å²) >= 11 is 0. The van der Waals surface area contributed by atoms with Crippen molar-refractivity contribution in [1.29, 1.82) is 0 Å². The van der Waals surface area contributed by atoms with Crippen LogP contribution in [0.3, 0.4) is 0 Å². The highest BCUT2D eigenvalue weighted by Crippen LogP contribution is 2.29. The average Bonchev–Trinajstić information content (AvgIpc) is 3.35. The zero-order chi connectivity index (χ0) is 17.2. The Bertz CT molecular complexity index is 824. The van der Waals surface area contributed by atoms with Crippen LogP contribution < -0.4 is 5.56 Å². The van der Waals surface area contributed by atoms with Crippen LogP contribution in [0.15, 0.2) is 29.1 Å². The molecule has 1 amide bonds. The molecule has 1 saturated heterocycles. The number of amides is 1. The maximum atomic E-state index is 12.7. The van der Waals surface area contributed by atoms with Crippen molar-refractivity contribution in [3.63, 3.8) is 0 Å². The first kappa shape index (κ1) is 16.2. The van der Waals surface area contributed by atoms with E-state index in [1.54, 1.807) is 18.2 Å². The van der Waals surface area contributed by atoms with Crippen molar-refractivity contribution in [1.82, 2.24) is 19.9 Å². The lowest BCUT2D eigenvalue weighted by molar-refractivity contribution is -0.132. The Morgan fingerprint density at radius 2 is 2.12 bits per heavy atom. The van der Waals surface area contributed by atoms with Crippen LogP contribution in [0.25, 0.3) is 10.9 Å². The summed E-state index contributed by atoms with van der Waals surface area (Å²) < 4.78 is 6.72. The number of carbonyl (C=O) groups is 1. The number of hydrogen-bond acceptors (Lipinski definition) is 5. The quantitative estimate of drug-likeness (QED) is 0.788. The molecule has 25 heavy (non-hydrogen) atoms. The summed E-state index contributed by atoms with van der Waals surface area (Å²) in [4.78, 5) is 27.1. The molecule has 4 rings (SSSR count). The van der Waals surface area contributed by atoms with Crippen LogP contribution in [0.4, 0.5) is 0 Å². The van der Waals surface area contributed by atoms with Crippen molar-refractivity contribution >= 4 is 16.8 Å². The Kier molecular flexibility index (Phi) is 4.48. The fraction of sp³-hybridized carbons (Fsp3) is 0.556. The normalized spacial score (nSPS) is 20.1. The summed E-state index contributed by atoms with van der Waals surface area (Å²) in [5, 5.41) is 8.57. The van der Waals surface area contributed by atoms with Gasteiger partial charge in [0, 0.05) is 31.5 Å². The van der Waals surface area contributed by atoms with Gasteiger partial charge in [-0.15, -0.1) is 5.10 Å². The van der Waals surface area contributed by atoms with Crippen molar-refractivity contribution in [2.24, 2.45) is 5.92 Å². The first-order chi connectivity index (χ1) is 12.2. The maximum Gasteiger partial charge on any atom is 0.277 e. The number of carbonyl (C=O) groups excluding carboxylic acids is 1. The summed E-state index contributed by atoms with van der Waals surface area (Å²) in [5.41, 5.74) is 0.386. The summed E-state index contributed by atoms with van der Waals surface area (Å²) in [6.07, 6.45) is 3.45. The molecular formula is C18H22N4O3. The van der Waals surface area contributed by atoms with Gasteiger partial charge in [-0.1, -0.05) is 17.3 Å². The minimum atomic E-state index is -0.194. The fourth-order valence-electron chi connectivity index (χ4n) is 3.36. The molecule has 2 aromatic rings. The average molecular weight is 342 g/mol. The Labute approximate surface area is 145 Å². The lowest BCUT2D eigenvalue weighted by atomic mass is 10.1. The van der Waals surface area contributed by atoms with E-state index < -0.39 is 0 Å². The molecule has 2 fully saturated rings. The van der Waals surface area contributed by atoms with Crippen LogP contribution in [0.5, 0.6) is 0 Å². The topological polar surface area (TPSA) is 77.3 Å². The van der Waals surface area contributed by atoms with Crippen LogP contribution in [0.1, 0.15) is 25.7 Å². The molecule has 0 bridgehead atoms. The fourth-order valence-corrected chi connectivity index (χ4v) is 3.36. The van der Waals surface area contributed by atoms with Crippen molar-refractivity contribution in [3.05, 3.63) is 34.6 Å². The number of benzene rings is 1. The van der Waals surface area contributed by atoms with E-state index in [0.29, 0.717) is 22.9 Å². The van der Waals surface area contributed by atoms with Crippen molar-refractivity contribution in [2.75, 3.05) is 19.8 Å². The van der Waals surface area contributed by atoms with Gasteiger partial charge in [-0.2, -0.15) is 0 Å². The molecular weight excluding hydrogens is 320 g/mol. The molecule has 0 unspecified atom stereocenters. The van der Waals surface area contributed by atoms with E-state index in [1.165, 1.54) is 4.68 Å². The minimum Gasteiger partial charge on any atom is -0.381 e. The van der Waals surface area contributed by atoms with Gasteiger partial charge in [-0.3, -0.25) is 9.59 Å². The molecule has 0 N–H and O–H groups in total. The molecule has 1 aliphatic carbocycles. The lowest BCUT2D eigenvalue weighted by Crippen LogP contribution is -2.38. The number of fused-ring (bicyclic) bond motifs is 1. The van der Waals surface area contributed by atoms with E-state index in [1.807, 2.05) is 11.0 Å². The molecule has 7 nitrogen and oxygen atoms in total. The highest BCUT2D eigenvalue weighted by Gasteiger charge is 2.34.